The van der Waals surface area contributed by atoms with Crippen molar-refractivity contribution in [1.82, 2.24) is 15.0 Å². The van der Waals surface area contributed by atoms with Gasteiger partial charge in [0.25, 0.3) is 11.6 Å². The Balaban J connectivity index is 1.79. The van der Waals surface area contributed by atoms with Crippen LogP contribution in [0.3, 0.4) is 0 Å². The number of piperidine rings is 1. The number of aliphatic carboxylic acids is 1. The summed E-state index contributed by atoms with van der Waals surface area (Å²) >= 11 is 0. The molecule has 150 valence electrons. The third kappa shape index (κ3) is 3.35. The normalized spacial score (nSPS) is 19.5. The number of likely N-dealkylation sites (tertiary alicyclic amines) is 1. The van der Waals surface area contributed by atoms with Crippen LogP contribution in [0, 0.1) is 18.2 Å². The number of aryl methyl sites for hydroxylation is 1. The predicted molar refractivity (Wildman–Crippen MR) is 103 cm³/mol. The number of benzene rings is 1. The molecule has 0 radical (unpaired) electrons. The highest BCUT2D eigenvalue weighted by molar-refractivity contribution is 6.07. The van der Waals surface area contributed by atoms with Crippen molar-refractivity contribution in [2.24, 2.45) is 5.41 Å². The smallest absolute Gasteiger partial charge is 0.311 e. The lowest BCUT2D eigenvalue weighted by Gasteiger charge is -2.37. The number of carboxylic acid groups (broad SMARTS) is 1. The fraction of sp³-hybridized carbons (Fsp3) is 0.333. The second kappa shape index (κ2) is 6.95. The molecule has 0 saturated carbocycles. The molecule has 1 atom stereocenters. The molecule has 7 nitrogen and oxygen atoms in total. The maximum absolute atomic E-state index is 13.4. The third-order valence-electron chi connectivity index (χ3n) is 5.49. The van der Waals surface area contributed by atoms with Gasteiger partial charge in [0.2, 0.25) is 0 Å². The van der Waals surface area contributed by atoms with Gasteiger partial charge in [0.1, 0.15) is 5.82 Å². The third-order valence-corrected chi connectivity index (χ3v) is 5.49. The lowest BCUT2D eigenvalue weighted by atomic mass is 9.82. The largest absolute Gasteiger partial charge is 0.481 e. The van der Waals surface area contributed by atoms with Gasteiger partial charge in [0, 0.05) is 18.7 Å². The molecule has 1 aromatic carbocycles. The van der Waals surface area contributed by atoms with Gasteiger partial charge in [-0.3, -0.25) is 9.59 Å². The minimum atomic E-state index is -0.983. The van der Waals surface area contributed by atoms with E-state index in [1.807, 2.05) is 0 Å². The zero-order valence-corrected chi connectivity index (χ0v) is 16.1. The highest BCUT2D eigenvalue weighted by Crippen LogP contribution is 2.33. The zero-order chi connectivity index (χ0) is 20.8. The van der Waals surface area contributed by atoms with Crippen molar-refractivity contribution in [3.8, 4) is 11.3 Å². The van der Waals surface area contributed by atoms with Crippen molar-refractivity contribution in [1.29, 1.82) is 0 Å². The molecule has 0 bridgehead atoms. The van der Waals surface area contributed by atoms with Crippen molar-refractivity contribution in [2.75, 3.05) is 13.1 Å². The minimum absolute atomic E-state index is 0.126. The molecule has 3 heterocycles. The first-order chi connectivity index (χ1) is 13.8. The second-order valence-corrected chi connectivity index (χ2v) is 7.71. The Morgan fingerprint density at radius 3 is 2.69 bits per heavy atom. The van der Waals surface area contributed by atoms with Crippen molar-refractivity contribution in [3.05, 3.63) is 47.4 Å². The van der Waals surface area contributed by atoms with Crippen LogP contribution in [0.2, 0.25) is 0 Å². The highest BCUT2D eigenvalue weighted by Gasteiger charge is 2.40. The first-order valence-corrected chi connectivity index (χ1v) is 9.34. The molecule has 1 unspecified atom stereocenters. The summed E-state index contributed by atoms with van der Waals surface area (Å²) in [5.41, 5.74) is 1.19. The van der Waals surface area contributed by atoms with E-state index < -0.39 is 11.4 Å². The lowest BCUT2D eigenvalue weighted by molar-refractivity contribution is -0.150. The van der Waals surface area contributed by atoms with E-state index >= 15 is 0 Å². The number of rotatable bonds is 3. The van der Waals surface area contributed by atoms with Gasteiger partial charge in [0.15, 0.2) is 0 Å². The molecule has 4 rings (SSSR count). The summed E-state index contributed by atoms with van der Waals surface area (Å²) in [5.74, 6) is -1.58. The van der Waals surface area contributed by atoms with Crippen molar-refractivity contribution < 1.29 is 23.6 Å². The number of carboxylic acids is 1. The van der Waals surface area contributed by atoms with Crippen LogP contribution in [-0.2, 0) is 4.79 Å². The SMILES string of the molecule is Cc1noc2nc(-c3ccc(F)cc3)cc(C(=O)N3CCCC(C)(C(=O)O)C3)c12. The molecule has 0 aliphatic carbocycles. The van der Waals surface area contributed by atoms with Gasteiger partial charge >= 0.3 is 5.97 Å². The number of hydrogen-bond donors (Lipinski definition) is 1. The van der Waals surface area contributed by atoms with Gasteiger partial charge in [-0.1, -0.05) is 5.16 Å². The Morgan fingerprint density at radius 2 is 2.00 bits per heavy atom. The molecule has 8 heteroatoms. The van der Waals surface area contributed by atoms with E-state index in [0.29, 0.717) is 47.3 Å². The maximum atomic E-state index is 13.4. The van der Waals surface area contributed by atoms with Crippen LogP contribution in [0.1, 0.15) is 35.8 Å². The van der Waals surface area contributed by atoms with E-state index in [0.717, 1.165) is 0 Å². The fourth-order valence-corrected chi connectivity index (χ4v) is 3.79. The molecule has 29 heavy (non-hydrogen) atoms. The molecule has 1 N–H and O–H groups in total. The van der Waals surface area contributed by atoms with Gasteiger partial charge in [0.05, 0.1) is 27.8 Å². The van der Waals surface area contributed by atoms with E-state index in [-0.39, 0.29) is 24.0 Å². The van der Waals surface area contributed by atoms with E-state index in [2.05, 4.69) is 10.1 Å². The number of hydrogen-bond acceptors (Lipinski definition) is 5. The second-order valence-electron chi connectivity index (χ2n) is 7.71. The minimum Gasteiger partial charge on any atom is -0.481 e. The Morgan fingerprint density at radius 1 is 1.28 bits per heavy atom. The zero-order valence-electron chi connectivity index (χ0n) is 16.1. The van der Waals surface area contributed by atoms with Crippen LogP contribution in [0.15, 0.2) is 34.9 Å². The molecule has 1 aliphatic heterocycles. The fourth-order valence-electron chi connectivity index (χ4n) is 3.79. The summed E-state index contributed by atoms with van der Waals surface area (Å²) in [6.07, 6.45) is 1.13. The summed E-state index contributed by atoms with van der Waals surface area (Å²) < 4.78 is 18.6. The van der Waals surface area contributed by atoms with Crippen molar-refractivity contribution in [2.45, 2.75) is 26.7 Å². The Hall–Kier alpha value is -3.29. The molecule has 1 saturated heterocycles. The number of carbonyl (C=O) groups is 2. The van der Waals surface area contributed by atoms with Crippen LogP contribution in [0.4, 0.5) is 4.39 Å². The summed E-state index contributed by atoms with van der Waals surface area (Å²) in [6.45, 7) is 3.98. The quantitative estimate of drug-likeness (QED) is 0.724. The monoisotopic (exact) mass is 397 g/mol. The highest BCUT2D eigenvalue weighted by atomic mass is 19.1. The first kappa shape index (κ1) is 19.0. The number of aromatic nitrogens is 2. The van der Waals surface area contributed by atoms with Crippen LogP contribution in [0.25, 0.3) is 22.4 Å². The van der Waals surface area contributed by atoms with E-state index in [1.165, 1.54) is 12.1 Å². The van der Waals surface area contributed by atoms with Crippen molar-refractivity contribution in [3.63, 3.8) is 0 Å². The van der Waals surface area contributed by atoms with Crippen LogP contribution < -0.4 is 0 Å². The van der Waals surface area contributed by atoms with E-state index in [1.54, 1.807) is 36.9 Å². The molecule has 2 aromatic heterocycles. The summed E-state index contributed by atoms with van der Waals surface area (Å²) in [4.78, 5) is 31.0. The number of carbonyl (C=O) groups excluding carboxylic acids is 1. The Labute approximate surface area is 166 Å². The molecule has 1 aliphatic rings. The van der Waals surface area contributed by atoms with Crippen LogP contribution >= 0.6 is 0 Å². The van der Waals surface area contributed by atoms with E-state index in [9.17, 15) is 19.1 Å². The molecule has 3 aromatic rings. The first-order valence-electron chi connectivity index (χ1n) is 9.34. The standard InChI is InChI=1S/C21H20FN3O4/c1-12-17-15(19(26)25-9-3-8-21(2,11-25)20(27)28)10-16(23-18(17)29-24-12)13-4-6-14(22)7-5-13/h4-7,10H,3,8-9,11H2,1-2H3,(H,27,28). The number of fused-ring (bicyclic) bond motifs is 1. The molecular weight excluding hydrogens is 377 g/mol. The van der Waals surface area contributed by atoms with Gasteiger partial charge in [-0.25, -0.2) is 9.37 Å². The Bertz CT molecular complexity index is 1110. The number of pyridine rings is 1. The number of amides is 1. The molecular formula is C21H20FN3O4. The predicted octanol–water partition coefficient (Wildman–Crippen LogP) is 3.66. The average Bonchev–Trinajstić information content (AvgIpc) is 3.08. The lowest BCUT2D eigenvalue weighted by Crippen LogP contribution is -2.48. The number of halogens is 1. The topological polar surface area (TPSA) is 96.5 Å². The van der Waals surface area contributed by atoms with Crippen LogP contribution in [0.5, 0.6) is 0 Å². The molecule has 0 spiro atoms. The molecule has 1 fully saturated rings. The van der Waals surface area contributed by atoms with Gasteiger partial charge in [-0.2, -0.15) is 0 Å². The number of nitrogens with zero attached hydrogens (tertiary/aromatic N) is 3. The van der Waals surface area contributed by atoms with Crippen LogP contribution in [-0.4, -0.2) is 45.1 Å². The van der Waals surface area contributed by atoms with Gasteiger partial charge < -0.3 is 14.5 Å². The average molecular weight is 397 g/mol. The summed E-state index contributed by atoms with van der Waals surface area (Å²) in [7, 11) is 0. The van der Waals surface area contributed by atoms with Gasteiger partial charge in [-0.15, -0.1) is 0 Å². The molecule has 1 amide bonds. The summed E-state index contributed by atoms with van der Waals surface area (Å²) in [5, 5.41) is 14.0. The maximum Gasteiger partial charge on any atom is 0.311 e. The summed E-state index contributed by atoms with van der Waals surface area (Å²) in [6, 6.07) is 7.41. The van der Waals surface area contributed by atoms with E-state index in [4.69, 9.17) is 4.52 Å². The Kier molecular flexibility index (Phi) is 4.56. The van der Waals surface area contributed by atoms with Crippen molar-refractivity contribution >= 4 is 23.0 Å². The van der Waals surface area contributed by atoms with Gasteiger partial charge in [-0.05, 0) is 57.0 Å².